The van der Waals surface area contributed by atoms with Crippen LogP contribution in [0, 0.1) is 0 Å². The van der Waals surface area contributed by atoms with Gasteiger partial charge in [0.2, 0.25) is 5.91 Å². The molecule has 0 aliphatic carbocycles. The number of amides is 2. The molecule has 0 aromatic heterocycles. The first kappa shape index (κ1) is 20.3. The summed E-state index contributed by atoms with van der Waals surface area (Å²) >= 11 is 0. The van der Waals surface area contributed by atoms with Gasteiger partial charge in [-0.3, -0.25) is 9.59 Å². The summed E-state index contributed by atoms with van der Waals surface area (Å²) in [5, 5.41) is 8.06. The first-order valence-corrected chi connectivity index (χ1v) is 8.39. The molecule has 0 unspecified atom stereocenters. The maximum Gasteiger partial charge on any atom is 0.416 e. The largest absolute Gasteiger partial charge is 0.416 e. The van der Waals surface area contributed by atoms with Crippen molar-refractivity contribution in [1.82, 2.24) is 5.32 Å². The van der Waals surface area contributed by atoms with Crippen molar-refractivity contribution in [3.63, 3.8) is 0 Å². The maximum atomic E-state index is 12.8. The second-order valence-electron chi connectivity index (χ2n) is 5.82. The van der Waals surface area contributed by atoms with Crippen molar-refractivity contribution in [2.75, 3.05) is 23.7 Å². The summed E-state index contributed by atoms with van der Waals surface area (Å²) in [6.07, 6.45) is -3.65. The fourth-order valence-electron chi connectivity index (χ4n) is 2.26. The van der Waals surface area contributed by atoms with Crippen molar-refractivity contribution < 1.29 is 22.8 Å². The van der Waals surface area contributed by atoms with Gasteiger partial charge in [0.25, 0.3) is 5.91 Å². The van der Waals surface area contributed by atoms with Gasteiger partial charge in [-0.1, -0.05) is 19.1 Å². The molecule has 0 bridgehead atoms. The smallest absolute Gasteiger partial charge is 0.376 e. The summed E-state index contributed by atoms with van der Waals surface area (Å²) < 4.78 is 38.3. The SMILES string of the molecule is CCCNC(=O)CNc1cccc(C(=O)Nc2cccc(C(F)(F)F)c2)c1. The number of halogens is 3. The molecule has 0 aliphatic heterocycles. The van der Waals surface area contributed by atoms with Crippen molar-refractivity contribution >= 4 is 23.2 Å². The van der Waals surface area contributed by atoms with Crippen LogP contribution in [-0.2, 0) is 11.0 Å². The Morgan fingerprint density at radius 1 is 1.00 bits per heavy atom. The molecule has 0 heterocycles. The Kier molecular flexibility index (Phi) is 6.81. The molecule has 27 heavy (non-hydrogen) atoms. The van der Waals surface area contributed by atoms with Crippen LogP contribution in [0.3, 0.4) is 0 Å². The fourth-order valence-corrected chi connectivity index (χ4v) is 2.26. The second kappa shape index (κ2) is 9.07. The number of benzene rings is 2. The molecule has 2 rings (SSSR count). The fraction of sp³-hybridized carbons (Fsp3) is 0.263. The molecule has 144 valence electrons. The van der Waals surface area contributed by atoms with Gasteiger partial charge in [-0.15, -0.1) is 0 Å². The van der Waals surface area contributed by atoms with Gasteiger partial charge in [-0.2, -0.15) is 13.2 Å². The van der Waals surface area contributed by atoms with Crippen molar-refractivity contribution in [2.24, 2.45) is 0 Å². The van der Waals surface area contributed by atoms with Crippen LogP contribution in [0.5, 0.6) is 0 Å². The van der Waals surface area contributed by atoms with E-state index in [2.05, 4.69) is 16.0 Å². The predicted octanol–water partition coefficient (Wildman–Crippen LogP) is 3.90. The number of hydrogen-bond donors (Lipinski definition) is 3. The molecule has 0 spiro atoms. The zero-order chi connectivity index (χ0) is 19.9. The minimum atomic E-state index is -4.48. The lowest BCUT2D eigenvalue weighted by molar-refractivity contribution is -0.137. The molecule has 2 amide bonds. The predicted molar refractivity (Wildman–Crippen MR) is 97.6 cm³/mol. The van der Waals surface area contributed by atoms with E-state index in [1.54, 1.807) is 12.1 Å². The third-order valence-corrected chi connectivity index (χ3v) is 3.60. The van der Waals surface area contributed by atoms with Gasteiger partial charge in [0.1, 0.15) is 0 Å². The van der Waals surface area contributed by atoms with E-state index in [-0.39, 0.29) is 23.7 Å². The molecule has 0 aliphatic rings. The average molecular weight is 379 g/mol. The molecule has 5 nitrogen and oxygen atoms in total. The van der Waals surface area contributed by atoms with Crippen LogP contribution < -0.4 is 16.0 Å². The van der Waals surface area contributed by atoms with Gasteiger partial charge < -0.3 is 16.0 Å². The topological polar surface area (TPSA) is 70.2 Å². The molecular weight excluding hydrogens is 359 g/mol. The van der Waals surface area contributed by atoms with Gasteiger partial charge in [0.05, 0.1) is 12.1 Å². The highest BCUT2D eigenvalue weighted by Gasteiger charge is 2.30. The van der Waals surface area contributed by atoms with E-state index in [0.29, 0.717) is 12.2 Å². The van der Waals surface area contributed by atoms with E-state index in [1.807, 2.05) is 6.92 Å². The lowest BCUT2D eigenvalue weighted by Gasteiger charge is -2.11. The third kappa shape index (κ3) is 6.32. The molecule has 2 aromatic carbocycles. The Labute approximate surface area is 155 Å². The van der Waals surface area contributed by atoms with Crippen LogP contribution in [0.15, 0.2) is 48.5 Å². The summed E-state index contributed by atoms with van der Waals surface area (Å²) in [5.74, 6) is -0.718. The summed E-state index contributed by atoms with van der Waals surface area (Å²) in [4.78, 5) is 23.9. The highest BCUT2D eigenvalue weighted by Crippen LogP contribution is 2.30. The van der Waals surface area contributed by atoms with E-state index in [1.165, 1.54) is 24.3 Å². The van der Waals surface area contributed by atoms with Gasteiger partial charge >= 0.3 is 6.18 Å². The van der Waals surface area contributed by atoms with E-state index in [9.17, 15) is 22.8 Å². The number of anilines is 2. The number of rotatable bonds is 7. The molecule has 0 saturated carbocycles. The quantitative estimate of drug-likeness (QED) is 0.683. The summed E-state index contributed by atoms with van der Waals surface area (Å²) in [5.41, 5.74) is 0.0191. The van der Waals surface area contributed by atoms with E-state index >= 15 is 0 Å². The van der Waals surface area contributed by atoms with Gasteiger partial charge in [0.15, 0.2) is 0 Å². The van der Waals surface area contributed by atoms with Crippen LogP contribution in [0.25, 0.3) is 0 Å². The molecule has 3 N–H and O–H groups in total. The second-order valence-corrected chi connectivity index (χ2v) is 5.82. The Balaban J connectivity index is 2.02. The molecule has 2 aromatic rings. The molecule has 8 heteroatoms. The number of nitrogens with one attached hydrogen (secondary N) is 3. The molecule has 0 atom stereocenters. The Morgan fingerprint density at radius 2 is 1.70 bits per heavy atom. The molecule has 0 fully saturated rings. The number of carbonyl (C=O) groups is 2. The van der Waals surface area contributed by atoms with Gasteiger partial charge in [-0.25, -0.2) is 0 Å². The summed E-state index contributed by atoms with van der Waals surface area (Å²) in [6.45, 7) is 2.58. The lowest BCUT2D eigenvalue weighted by atomic mass is 10.1. The first-order valence-electron chi connectivity index (χ1n) is 8.39. The van der Waals surface area contributed by atoms with Crippen molar-refractivity contribution in [2.45, 2.75) is 19.5 Å². The van der Waals surface area contributed by atoms with Crippen LogP contribution in [0.4, 0.5) is 24.5 Å². The maximum absolute atomic E-state index is 12.8. The average Bonchev–Trinajstić information content (AvgIpc) is 2.64. The van der Waals surface area contributed by atoms with Crippen LogP contribution in [-0.4, -0.2) is 24.9 Å². The van der Waals surface area contributed by atoms with Crippen molar-refractivity contribution in [1.29, 1.82) is 0 Å². The Morgan fingerprint density at radius 3 is 2.41 bits per heavy atom. The van der Waals surface area contributed by atoms with Gasteiger partial charge in [0, 0.05) is 23.5 Å². The number of alkyl halides is 3. The lowest BCUT2D eigenvalue weighted by Crippen LogP contribution is -2.30. The van der Waals surface area contributed by atoms with Crippen LogP contribution >= 0.6 is 0 Å². The molecule has 0 saturated heterocycles. The van der Waals surface area contributed by atoms with Gasteiger partial charge in [-0.05, 0) is 42.8 Å². The summed E-state index contributed by atoms with van der Waals surface area (Å²) in [7, 11) is 0. The summed E-state index contributed by atoms with van der Waals surface area (Å²) in [6, 6.07) is 10.8. The van der Waals surface area contributed by atoms with Crippen LogP contribution in [0.2, 0.25) is 0 Å². The molecule has 0 radical (unpaired) electrons. The minimum absolute atomic E-state index is 0.0483. The van der Waals surface area contributed by atoms with Crippen molar-refractivity contribution in [3.05, 3.63) is 59.7 Å². The van der Waals surface area contributed by atoms with Crippen LogP contribution in [0.1, 0.15) is 29.3 Å². The zero-order valence-corrected chi connectivity index (χ0v) is 14.7. The normalized spacial score (nSPS) is 11.0. The standard InChI is InChI=1S/C19H20F3N3O2/c1-2-9-23-17(26)12-24-15-7-3-5-13(10-15)18(27)25-16-8-4-6-14(11-16)19(20,21)22/h3-8,10-11,24H,2,9,12H2,1H3,(H,23,26)(H,25,27). The third-order valence-electron chi connectivity index (χ3n) is 3.60. The number of hydrogen-bond acceptors (Lipinski definition) is 3. The monoisotopic (exact) mass is 379 g/mol. The number of carbonyl (C=O) groups excluding carboxylic acids is 2. The highest BCUT2D eigenvalue weighted by molar-refractivity contribution is 6.04. The first-order chi connectivity index (χ1) is 12.8. The Hall–Kier alpha value is -3.03. The van der Waals surface area contributed by atoms with E-state index < -0.39 is 17.6 Å². The highest BCUT2D eigenvalue weighted by atomic mass is 19.4. The minimum Gasteiger partial charge on any atom is -0.376 e. The van der Waals surface area contributed by atoms with E-state index in [4.69, 9.17) is 0 Å². The van der Waals surface area contributed by atoms with Crippen molar-refractivity contribution in [3.8, 4) is 0 Å². The zero-order valence-electron chi connectivity index (χ0n) is 14.7. The Bertz CT molecular complexity index is 807. The van der Waals surface area contributed by atoms with E-state index in [0.717, 1.165) is 18.6 Å². The molecular formula is C19H20F3N3O2.